The molecule has 4 N–H and O–H groups in total. The van der Waals surface area contributed by atoms with Crippen molar-refractivity contribution in [3.05, 3.63) is 70.0 Å². The summed E-state index contributed by atoms with van der Waals surface area (Å²) in [7, 11) is 3.08. The number of rotatable bonds is 10. The van der Waals surface area contributed by atoms with Gasteiger partial charge in [-0.05, 0) is 49.1 Å². The van der Waals surface area contributed by atoms with E-state index < -0.39 is 0 Å². The number of carbonyl (C=O) groups is 1. The van der Waals surface area contributed by atoms with Crippen LogP contribution in [0.3, 0.4) is 0 Å². The second-order valence-electron chi connectivity index (χ2n) is 8.92. The van der Waals surface area contributed by atoms with Crippen LogP contribution in [0, 0.1) is 12.8 Å². The maximum absolute atomic E-state index is 12.8. The van der Waals surface area contributed by atoms with Gasteiger partial charge in [0.25, 0.3) is 11.5 Å². The zero-order valence-corrected chi connectivity index (χ0v) is 20.8. The van der Waals surface area contributed by atoms with E-state index in [1.807, 2.05) is 26.8 Å². The number of aromatic nitrogens is 1. The molecule has 1 amide bonds. The van der Waals surface area contributed by atoms with E-state index >= 15 is 0 Å². The predicted octanol–water partition coefficient (Wildman–Crippen LogP) is 4.07. The number of aromatic amines is 1. The molecule has 8 heteroatoms. The highest BCUT2D eigenvalue weighted by atomic mass is 16.5. The van der Waals surface area contributed by atoms with E-state index in [0.717, 1.165) is 10.9 Å². The molecule has 3 rings (SSSR count). The van der Waals surface area contributed by atoms with Gasteiger partial charge in [-0.25, -0.2) is 0 Å². The third-order valence-corrected chi connectivity index (χ3v) is 5.77. The summed E-state index contributed by atoms with van der Waals surface area (Å²) in [5, 5.41) is 16.4. The number of amides is 1. The highest BCUT2D eigenvalue weighted by Crippen LogP contribution is 2.31. The topological polar surface area (TPSA) is 113 Å². The summed E-state index contributed by atoms with van der Waals surface area (Å²) >= 11 is 0. The summed E-state index contributed by atoms with van der Waals surface area (Å²) in [6.45, 7) is 9.90. The lowest BCUT2D eigenvalue weighted by Crippen LogP contribution is -2.38. The van der Waals surface area contributed by atoms with Crippen LogP contribution in [-0.4, -0.2) is 42.9 Å². The molecule has 1 atom stereocenters. The molecule has 2 aromatic carbocycles. The van der Waals surface area contributed by atoms with Gasteiger partial charge in [-0.15, -0.1) is 0 Å². The number of hydrogen-bond donors (Lipinski definition) is 4. The van der Waals surface area contributed by atoms with Gasteiger partial charge in [0.15, 0.2) is 11.5 Å². The molecular weight excluding hydrogens is 446 g/mol. The maximum atomic E-state index is 12.8. The lowest BCUT2D eigenvalue weighted by molar-refractivity contribution is 0.0908. The van der Waals surface area contributed by atoms with Crippen LogP contribution in [0.25, 0.3) is 16.6 Å². The molecule has 0 unspecified atom stereocenters. The first-order valence-corrected chi connectivity index (χ1v) is 11.4. The molecule has 0 radical (unpaired) electrons. The SMILES string of the molecule is C=C(Nc1cc(C(=O)N[C@H](CO)CC(C)C)ccc1C)c1cc2cc(OC)c(OC)cc2[nH]c1=O. The van der Waals surface area contributed by atoms with Crippen LogP contribution in [-0.2, 0) is 0 Å². The van der Waals surface area contributed by atoms with Gasteiger partial charge in [0.2, 0.25) is 0 Å². The number of aryl methyl sites for hydroxylation is 1. The summed E-state index contributed by atoms with van der Waals surface area (Å²) in [6, 6.07) is 10.2. The van der Waals surface area contributed by atoms with Crippen molar-refractivity contribution >= 4 is 28.2 Å². The number of methoxy groups -OCH3 is 2. The molecule has 0 fully saturated rings. The van der Waals surface area contributed by atoms with Crippen LogP contribution in [0.15, 0.2) is 47.8 Å². The Kier molecular flexibility index (Phi) is 8.19. The van der Waals surface area contributed by atoms with Gasteiger partial charge in [0, 0.05) is 28.4 Å². The second kappa shape index (κ2) is 11.1. The van der Waals surface area contributed by atoms with E-state index in [0.29, 0.717) is 51.9 Å². The molecule has 0 saturated heterocycles. The number of nitrogens with one attached hydrogen (secondary N) is 3. The number of fused-ring (bicyclic) bond motifs is 1. The van der Waals surface area contributed by atoms with Crippen LogP contribution in [0.4, 0.5) is 5.69 Å². The molecule has 186 valence electrons. The Labute approximate surface area is 205 Å². The summed E-state index contributed by atoms with van der Waals surface area (Å²) in [5.41, 5.74) is 3.02. The lowest BCUT2D eigenvalue weighted by atomic mass is 10.0. The molecular formula is C27H33N3O5. The fourth-order valence-electron chi connectivity index (χ4n) is 3.90. The number of H-pyrrole nitrogens is 1. The Hall–Kier alpha value is -3.78. The fraction of sp³-hybridized carbons (Fsp3) is 0.333. The number of aliphatic hydroxyl groups is 1. The minimum Gasteiger partial charge on any atom is -0.493 e. The number of hydrogen-bond acceptors (Lipinski definition) is 6. The Morgan fingerprint density at radius 1 is 1.11 bits per heavy atom. The van der Waals surface area contributed by atoms with Crippen LogP contribution >= 0.6 is 0 Å². The van der Waals surface area contributed by atoms with Crippen LogP contribution < -0.4 is 25.7 Å². The number of carbonyl (C=O) groups excluding carboxylic acids is 1. The molecule has 1 aromatic heterocycles. The van der Waals surface area contributed by atoms with Crippen molar-refractivity contribution in [1.29, 1.82) is 0 Å². The molecule has 35 heavy (non-hydrogen) atoms. The number of anilines is 1. The molecule has 0 aliphatic heterocycles. The van der Waals surface area contributed by atoms with E-state index in [-0.39, 0.29) is 24.1 Å². The highest BCUT2D eigenvalue weighted by Gasteiger charge is 2.16. The van der Waals surface area contributed by atoms with E-state index in [9.17, 15) is 14.7 Å². The molecule has 0 aliphatic carbocycles. The molecule has 1 heterocycles. The van der Waals surface area contributed by atoms with Gasteiger partial charge in [0.1, 0.15) is 0 Å². The molecule has 0 bridgehead atoms. The zero-order valence-electron chi connectivity index (χ0n) is 20.8. The summed E-state index contributed by atoms with van der Waals surface area (Å²) < 4.78 is 10.7. The van der Waals surface area contributed by atoms with Crippen molar-refractivity contribution < 1.29 is 19.4 Å². The number of ether oxygens (including phenoxy) is 2. The molecule has 8 nitrogen and oxygen atoms in total. The van der Waals surface area contributed by atoms with Gasteiger partial charge in [-0.2, -0.15) is 0 Å². The van der Waals surface area contributed by atoms with Crippen molar-refractivity contribution in [3.8, 4) is 11.5 Å². The van der Waals surface area contributed by atoms with Gasteiger partial charge < -0.3 is 30.2 Å². The lowest BCUT2D eigenvalue weighted by Gasteiger charge is -2.19. The predicted molar refractivity (Wildman–Crippen MR) is 139 cm³/mol. The Balaban J connectivity index is 1.87. The standard InChI is InChI=1S/C27H33N3O5/c1-15(2)9-20(14-31)29-26(32)18-8-7-16(3)22(11-18)28-17(4)21-10-19-12-24(34-5)25(35-6)13-23(19)30-27(21)33/h7-8,10-13,15,20,28,31H,4,9,14H2,1-3,5-6H3,(H,29,32)(H,30,33)/t20-/m0/s1. The van der Waals surface area contributed by atoms with Gasteiger partial charge >= 0.3 is 0 Å². The minimum atomic E-state index is -0.318. The van der Waals surface area contributed by atoms with Gasteiger partial charge in [0.05, 0.1) is 37.9 Å². The Morgan fingerprint density at radius 2 is 1.80 bits per heavy atom. The normalized spacial score (nSPS) is 11.9. The first kappa shape index (κ1) is 25.8. The smallest absolute Gasteiger partial charge is 0.257 e. The van der Waals surface area contributed by atoms with Crippen molar-refractivity contribution in [2.75, 3.05) is 26.1 Å². The first-order valence-electron chi connectivity index (χ1n) is 11.4. The number of benzene rings is 2. The molecule has 0 spiro atoms. The first-order chi connectivity index (χ1) is 16.7. The summed E-state index contributed by atoms with van der Waals surface area (Å²) in [4.78, 5) is 28.4. The number of pyridine rings is 1. The average molecular weight is 480 g/mol. The van der Waals surface area contributed by atoms with Crippen molar-refractivity contribution in [2.45, 2.75) is 33.2 Å². The summed E-state index contributed by atoms with van der Waals surface area (Å²) in [6.07, 6.45) is 0.678. The van der Waals surface area contributed by atoms with Crippen molar-refractivity contribution in [3.63, 3.8) is 0 Å². The molecule has 0 saturated carbocycles. The van der Waals surface area contributed by atoms with Crippen molar-refractivity contribution in [2.24, 2.45) is 5.92 Å². The third-order valence-electron chi connectivity index (χ3n) is 5.77. The maximum Gasteiger partial charge on any atom is 0.257 e. The fourth-order valence-corrected chi connectivity index (χ4v) is 3.90. The van der Waals surface area contributed by atoms with Gasteiger partial charge in [-0.3, -0.25) is 9.59 Å². The number of aliphatic hydroxyl groups excluding tert-OH is 1. The van der Waals surface area contributed by atoms with E-state index in [2.05, 4.69) is 22.2 Å². The monoisotopic (exact) mass is 479 g/mol. The Bertz CT molecular complexity index is 1300. The van der Waals surface area contributed by atoms with Crippen LogP contribution in [0.1, 0.15) is 41.8 Å². The highest BCUT2D eigenvalue weighted by molar-refractivity contribution is 5.96. The van der Waals surface area contributed by atoms with E-state index in [1.165, 1.54) is 7.11 Å². The Morgan fingerprint density at radius 3 is 2.43 bits per heavy atom. The summed E-state index contributed by atoms with van der Waals surface area (Å²) in [5.74, 6) is 1.13. The largest absolute Gasteiger partial charge is 0.493 e. The average Bonchev–Trinajstić information content (AvgIpc) is 2.83. The quantitative estimate of drug-likeness (QED) is 0.349. The second-order valence-corrected chi connectivity index (χ2v) is 8.92. The van der Waals surface area contributed by atoms with E-state index in [4.69, 9.17) is 9.47 Å². The molecule has 3 aromatic rings. The van der Waals surface area contributed by atoms with Crippen molar-refractivity contribution in [1.82, 2.24) is 10.3 Å². The minimum absolute atomic E-state index is 0.126. The molecule has 0 aliphatic rings. The zero-order chi connectivity index (χ0) is 25.7. The van der Waals surface area contributed by atoms with Gasteiger partial charge in [-0.1, -0.05) is 26.5 Å². The van der Waals surface area contributed by atoms with Crippen LogP contribution in [0.2, 0.25) is 0 Å². The van der Waals surface area contributed by atoms with E-state index in [1.54, 1.807) is 37.4 Å². The van der Waals surface area contributed by atoms with Crippen LogP contribution in [0.5, 0.6) is 11.5 Å². The third kappa shape index (κ3) is 6.02.